The first kappa shape index (κ1) is 16.9. The maximum Gasteiger partial charge on any atom is 0.317 e. The van der Waals surface area contributed by atoms with E-state index in [0.717, 1.165) is 5.56 Å². The van der Waals surface area contributed by atoms with Crippen molar-refractivity contribution in [1.29, 1.82) is 0 Å². The number of rotatable bonds is 5. The molecule has 1 aromatic rings. The van der Waals surface area contributed by atoms with E-state index in [-0.39, 0.29) is 19.1 Å². The summed E-state index contributed by atoms with van der Waals surface area (Å²) in [7, 11) is 3.13. The first-order chi connectivity index (χ1) is 10.9. The molecule has 1 aromatic carbocycles. The molecule has 126 valence electrons. The van der Waals surface area contributed by atoms with E-state index in [9.17, 15) is 14.7 Å². The fourth-order valence-corrected chi connectivity index (χ4v) is 2.61. The summed E-state index contributed by atoms with van der Waals surface area (Å²) in [5.41, 5.74) is -0.0780. The van der Waals surface area contributed by atoms with Gasteiger partial charge in [0.15, 0.2) is 0 Å². The number of aliphatic carboxylic acids is 1. The maximum absolute atomic E-state index is 12.2. The van der Waals surface area contributed by atoms with E-state index in [1.807, 2.05) is 0 Å². The summed E-state index contributed by atoms with van der Waals surface area (Å²) in [5.74, 6) is 0.458. The van der Waals surface area contributed by atoms with Crippen LogP contribution < -0.4 is 14.8 Å². The van der Waals surface area contributed by atoms with Crippen LogP contribution in [0.5, 0.6) is 11.5 Å². The average Bonchev–Trinajstić information content (AvgIpc) is 2.96. The van der Waals surface area contributed by atoms with Crippen LogP contribution in [-0.2, 0) is 11.3 Å². The summed E-state index contributed by atoms with van der Waals surface area (Å²) in [6.45, 7) is 2.58. The Hall–Kier alpha value is -2.44. The Morgan fingerprint density at radius 2 is 2.09 bits per heavy atom. The molecule has 7 heteroatoms. The summed E-state index contributed by atoms with van der Waals surface area (Å²) in [6.07, 6.45) is 0.457. The highest BCUT2D eigenvalue weighted by Gasteiger charge is 2.42. The van der Waals surface area contributed by atoms with Crippen molar-refractivity contribution in [2.75, 3.05) is 27.3 Å². The Morgan fingerprint density at radius 1 is 1.35 bits per heavy atom. The minimum atomic E-state index is -0.873. The van der Waals surface area contributed by atoms with Gasteiger partial charge in [0.25, 0.3) is 0 Å². The second-order valence-electron chi connectivity index (χ2n) is 5.87. The third kappa shape index (κ3) is 3.67. The molecule has 2 rings (SSSR count). The lowest BCUT2D eigenvalue weighted by Crippen LogP contribution is -2.40. The van der Waals surface area contributed by atoms with Crippen LogP contribution >= 0.6 is 0 Å². The zero-order valence-corrected chi connectivity index (χ0v) is 13.6. The molecule has 1 fully saturated rings. The van der Waals surface area contributed by atoms with Crippen LogP contribution in [0.15, 0.2) is 18.2 Å². The van der Waals surface area contributed by atoms with E-state index < -0.39 is 11.4 Å². The van der Waals surface area contributed by atoms with Gasteiger partial charge in [-0.3, -0.25) is 4.79 Å². The number of nitrogens with one attached hydrogen (secondary N) is 1. The largest absolute Gasteiger partial charge is 0.497 e. The number of methoxy groups -OCH3 is 2. The van der Waals surface area contributed by atoms with Crippen LogP contribution in [-0.4, -0.2) is 49.3 Å². The zero-order chi connectivity index (χ0) is 17.0. The molecule has 1 atom stereocenters. The van der Waals surface area contributed by atoms with Gasteiger partial charge in [0.2, 0.25) is 0 Å². The van der Waals surface area contributed by atoms with Crippen LogP contribution in [0.25, 0.3) is 0 Å². The van der Waals surface area contributed by atoms with Crippen LogP contribution in [0.1, 0.15) is 18.9 Å². The van der Waals surface area contributed by atoms with Crippen molar-refractivity contribution in [3.05, 3.63) is 23.8 Å². The molecule has 0 spiro atoms. The average molecular weight is 322 g/mol. The Balaban J connectivity index is 1.99. The minimum Gasteiger partial charge on any atom is -0.497 e. The van der Waals surface area contributed by atoms with E-state index >= 15 is 0 Å². The predicted molar refractivity (Wildman–Crippen MR) is 83.7 cm³/mol. The Labute approximate surface area is 135 Å². The molecule has 0 radical (unpaired) electrons. The summed E-state index contributed by atoms with van der Waals surface area (Å²) >= 11 is 0. The number of benzene rings is 1. The molecule has 0 aromatic heterocycles. The molecule has 7 nitrogen and oxygen atoms in total. The fraction of sp³-hybridized carbons (Fsp3) is 0.500. The fourth-order valence-electron chi connectivity index (χ4n) is 2.61. The zero-order valence-electron chi connectivity index (χ0n) is 13.6. The highest BCUT2D eigenvalue weighted by molar-refractivity contribution is 5.79. The van der Waals surface area contributed by atoms with E-state index in [2.05, 4.69) is 5.32 Å². The van der Waals surface area contributed by atoms with E-state index in [0.29, 0.717) is 24.5 Å². The number of carboxylic acids is 1. The molecule has 2 amide bonds. The standard InChI is InChI=1S/C16H22N2O5/c1-16(14(19)20)6-7-18(10-16)15(21)17-9-11-8-12(22-2)4-5-13(11)23-3/h4-5,8H,6-7,9-10H2,1-3H3,(H,17,21)(H,19,20). The lowest BCUT2D eigenvalue weighted by molar-refractivity contribution is -0.147. The predicted octanol–water partition coefficient (Wildman–Crippen LogP) is 1.71. The first-order valence-corrected chi connectivity index (χ1v) is 7.36. The molecule has 1 aliphatic rings. The summed E-state index contributed by atoms with van der Waals surface area (Å²) < 4.78 is 10.4. The van der Waals surface area contributed by atoms with E-state index in [1.54, 1.807) is 39.3 Å². The van der Waals surface area contributed by atoms with Crippen molar-refractivity contribution in [1.82, 2.24) is 10.2 Å². The van der Waals surface area contributed by atoms with Crippen molar-refractivity contribution in [3.8, 4) is 11.5 Å². The number of urea groups is 1. The summed E-state index contributed by atoms with van der Waals surface area (Å²) in [6, 6.07) is 5.07. The lowest BCUT2D eigenvalue weighted by atomic mass is 9.90. The third-order valence-corrected chi connectivity index (χ3v) is 4.19. The number of hydrogen-bond acceptors (Lipinski definition) is 4. The third-order valence-electron chi connectivity index (χ3n) is 4.19. The lowest BCUT2D eigenvalue weighted by Gasteiger charge is -2.21. The summed E-state index contributed by atoms with van der Waals surface area (Å²) in [5, 5.41) is 12.0. The summed E-state index contributed by atoms with van der Waals surface area (Å²) in [4.78, 5) is 25.0. The number of carbonyl (C=O) groups excluding carboxylic acids is 1. The normalized spacial score (nSPS) is 20.2. The molecule has 0 saturated carbocycles. The Bertz CT molecular complexity index is 604. The molecular weight excluding hydrogens is 300 g/mol. The second kappa shape index (κ2) is 6.76. The quantitative estimate of drug-likeness (QED) is 0.861. The topological polar surface area (TPSA) is 88.1 Å². The van der Waals surface area contributed by atoms with Gasteiger partial charge in [-0.25, -0.2) is 4.79 Å². The van der Waals surface area contributed by atoms with E-state index in [1.165, 1.54) is 4.90 Å². The van der Waals surface area contributed by atoms with Gasteiger partial charge >= 0.3 is 12.0 Å². The van der Waals surface area contributed by atoms with E-state index in [4.69, 9.17) is 9.47 Å². The van der Waals surface area contributed by atoms with Gasteiger partial charge in [0.05, 0.1) is 19.6 Å². The van der Waals surface area contributed by atoms with Crippen molar-refractivity contribution in [2.24, 2.45) is 5.41 Å². The van der Waals surface area contributed by atoms with Gasteiger partial charge in [-0.2, -0.15) is 0 Å². The van der Waals surface area contributed by atoms with Gasteiger partial charge in [-0.05, 0) is 31.5 Å². The SMILES string of the molecule is COc1ccc(OC)c(CNC(=O)N2CCC(C)(C(=O)O)C2)c1. The van der Waals surface area contributed by atoms with Gasteiger partial charge in [0.1, 0.15) is 11.5 Å². The van der Waals surface area contributed by atoms with Gasteiger partial charge in [-0.15, -0.1) is 0 Å². The molecule has 0 aliphatic carbocycles. The number of likely N-dealkylation sites (tertiary alicyclic amines) is 1. The maximum atomic E-state index is 12.2. The molecule has 2 N–H and O–H groups in total. The molecule has 1 unspecified atom stereocenters. The highest BCUT2D eigenvalue weighted by Crippen LogP contribution is 2.30. The van der Waals surface area contributed by atoms with Crippen LogP contribution in [0.3, 0.4) is 0 Å². The number of carbonyl (C=O) groups is 2. The first-order valence-electron chi connectivity index (χ1n) is 7.36. The van der Waals surface area contributed by atoms with Crippen molar-refractivity contribution in [2.45, 2.75) is 19.9 Å². The van der Waals surface area contributed by atoms with Crippen LogP contribution in [0.4, 0.5) is 4.79 Å². The number of ether oxygens (including phenoxy) is 2. The molecular formula is C16H22N2O5. The van der Waals surface area contributed by atoms with Gasteiger partial charge in [0, 0.05) is 25.2 Å². The monoisotopic (exact) mass is 322 g/mol. The van der Waals surface area contributed by atoms with Crippen molar-refractivity contribution < 1.29 is 24.2 Å². The Kier molecular flexibility index (Phi) is 4.98. The molecule has 1 heterocycles. The number of carboxylic acid groups (broad SMARTS) is 1. The highest BCUT2D eigenvalue weighted by atomic mass is 16.5. The van der Waals surface area contributed by atoms with Crippen LogP contribution in [0, 0.1) is 5.41 Å². The van der Waals surface area contributed by atoms with Crippen LogP contribution in [0.2, 0.25) is 0 Å². The minimum absolute atomic E-state index is 0.212. The second-order valence-corrected chi connectivity index (χ2v) is 5.87. The van der Waals surface area contributed by atoms with Gasteiger partial charge < -0.3 is 24.8 Å². The van der Waals surface area contributed by atoms with Crippen molar-refractivity contribution in [3.63, 3.8) is 0 Å². The number of amides is 2. The smallest absolute Gasteiger partial charge is 0.317 e. The number of hydrogen-bond donors (Lipinski definition) is 2. The molecule has 1 saturated heterocycles. The molecule has 23 heavy (non-hydrogen) atoms. The Morgan fingerprint density at radius 3 is 2.65 bits per heavy atom. The van der Waals surface area contributed by atoms with Crippen molar-refractivity contribution >= 4 is 12.0 Å². The number of nitrogens with zero attached hydrogens (tertiary/aromatic N) is 1. The molecule has 0 bridgehead atoms. The van der Waals surface area contributed by atoms with Gasteiger partial charge in [-0.1, -0.05) is 0 Å². The molecule has 1 aliphatic heterocycles.